The predicted octanol–water partition coefficient (Wildman–Crippen LogP) is 2.89. The highest BCUT2D eigenvalue weighted by Crippen LogP contribution is 2.38. The van der Waals surface area contributed by atoms with Gasteiger partial charge >= 0.3 is 6.18 Å². The van der Waals surface area contributed by atoms with Crippen molar-refractivity contribution in [2.75, 3.05) is 23.3 Å². The molecular formula is C18H19F3N8. The van der Waals surface area contributed by atoms with Crippen LogP contribution >= 0.6 is 0 Å². The highest BCUT2D eigenvalue weighted by molar-refractivity contribution is 5.47. The van der Waals surface area contributed by atoms with Crippen molar-refractivity contribution in [1.82, 2.24) is 29.8 Å². The number of halogens is 3. The fraction of sp³-hybridized carbons (Fsp3) is 0.500. The van der Waals surface area contributed by atoms with Gasteiger partial charge in [-0.05, 0) is 43.9 Å². The summed E-state index contributed by atoms with van der Waals surface area (Å²) in [5, 5.41) is 16.2. The van der Waals surface area contributed by atoms with Crippen molar-refractivity contribution in [3.05, 3.63) is 35.9 Å². The molecule has 4 heterocycles. The van der Waals surface area contributed by atoms with Gasteiger partial charge in [0.25, 0.3) is 0 Å². The molecule has 0 radical (unpaired) electrons. The van der Waals surface area contributed by atoms with Crippen LogP contribution in [0.1, 0.15) is 43.1 Å². The van der Waals surface area contributed by atoms with Gasteiger partial charge in [-0.1, -0.05) is 0 Å². The van der Waals surface area contributed by atoms with Gasteiger partial charge < -0.3 is 10.2 Å². The van der Waals surface area contributed by atoms with Crippen LogP contribution in [0.3, 0.4) is 0 Å². The molecule has 1 aliphatic carbocycles. The van der Waals surface area contributed by atoms with E-state index in [9.17, 15) is 13.2 Å². The van der Waals surface area contributed by atoms with Gasteiger partial charge in [0.1, 0.15) is 11.5 Å². The molecule has 8 nitrogen and oxygen atoms in total. The number of nitrogens with zero attached hydrogens (tertiary/aromatic N) is 7. The van der Waals surface area contributed by atoms with Crippen molar-refractivity contribution in [1.29, 1.82) is 0 Å². The minimum atomic E-state index is -4.49. The summed E-state index contributed by atoms with van der Waals surface area (Å²) in [7, 11) is 0. The maximum absolute atomic E-state index is 12.9. The number of anilines is 2. The van der Waals surface area contributed by atoms with Crippen LogP contribution in [-0.4, -0.2) is 48.9 Å². The van der Waals surface area contributed by atoms with Gasteiger partial charge in [0, 0.05) is 31.2 Å². The minimum absolute atomic E-state index is 0.00934. The average molecular weight is 404 g/mol. The van der Waals surface area contributed by atoms with E-state index in [0.29, 0.717) is 12.5 Å². The fourth-order valence-electron chi connectivity index (χ4n) is 3.63. The van der Waals surface area contributed by atoms with Crippen LogP contribution in [0.5, 0.6) is 0 Å². The molecule has 1 unspecified atom stereocenters. The Bertz CT molecular complexity index is 1030. The third-order valence-electron chi connectivity index (χ3n) is 5.24. The summed E-state index contributed by atoms with van der Waals surface area (Å²) in [5.74, 6) is 2.12. The monoisotopic (exact) mass is 404 g/mol. The smallest absolute Gasteiger partial charge is 0.353 e. The average Bonchev–Trinajstić information content (AvgIpc) is 3.46. The van der Waals surface area contributed by atoms with Crippen molar-refractivity contribution in [3.63, 3.8) is 0 Å². The van der Waals surface area contributed by atoms with Crippen molar-refractivity contribution in [2.45, 2.75) is 43.8 Å². The maximum Gasteiger partial charge on any atom is 0.433 e. The lowest BCUT2D eigenvalue weighted by atomic mass is 10.1. The second kappa shape index (κ2) is 6.82. The van der Waals surface area contributed by atoms with Crippen LogP contribution in [0.15, 0.2) is 24.4 Å². The quantitative estimate of drug-likeness (QED) is 0.716. The van der Waals surface area contributed by atoms with E-state index in [0.717, 1.165) is 61.8 Å². The molecule has 0 bridgehead atoms. The molecule has 11 heteroatoms. The summed E-state index contributed by atoms with van der Waals surface area (Å²) in [6, 6.07) is 4.60. The van der Waals surface area contributed by atoms with Crippen LogP contribution in [0.25, 0.3) is 5.65 Å². The zero-order chi connectivity index (χ0) is 20.0. The lowest BCUT2D eigenvalue weighted by Gasteiger charge is -2.33. The van der Waals surface area contributed by atoms with E-state index < -0.39 is 11.9 Å². The highest BCUT2D eigenvalue weighted by Gasteiger charge is 2.33. The lowest BCUT2D eigenvalue weighted by Crippen LogP contribution is -2.43. The molecule has 3 aromatic rings. The largest absolute Gasteiger partial charge is 0.433 e. The summed E-state index contributed by atoms with van der Waals surface area (Å²) >= 11 is 0. The molecule has 0 amide bonds. The van der Waals surface area contributed by atoms with E-state index in [4.69, 9.17) is 5.10 Å². The van der Waals surface area contributed by atoms with Gasteiger partial charge in [-0.25, -0.2) is 9.97 Å². The van der Waals surface area contributed by atoms with Gasteiger partial charge in [-0.15, -0.1) is 15.3 Å². The normalized spacial score (nSPS) is 20.2. The van der Waals surface area contributed by atoms with Crippen molar-refractivity contribution < 1.29 is 13.2 Å². The Morgan fingerprint density at radius 2 is 1.93 bits per heavy atom. The summed E-state index contributed by atoms with van der Waals surface area (Å²) in [5.41, 5.74) is -0.227. The summed E-state index contributed by atoms with van der Waals surface area (Å²) in [6.45, 7) is 1.42. The molecule has 5 rings (SSSR count). The SMILES string of the molecule is FC(F)(F)c1ccnc(NC2CCCN(c3ccc4nnc(C5CC5)n4n3)C2)n1. The summed E-state index contributed by atoms with van der Waals surface area (Å²) in [6.07, 6.45) is 0.556. The van der Waals surface area contributed by atoms with Gasteiger partial charge in [-0.2, -0.15) is 17.7 Å². The van der Waals surface area contributed by atoms with E-state index in [1.165, 1.54) is 0 Å². The molecule has 0 spiro atoms. The van der Waals surface area contributed by atoms with Crippen molar-refractivity contribution in [3.8, 4) is 0 Å². The fourth-order valence-corrected chi connectivity index (χ4v) is 3.63. The van der Waals surface area contributed by atoms with E-state index in [2.05, 4.69) is 30.4 Å². The number of alkyl halides is 3. The molecule has 152 valence electrons. The first-order valence-electron chi connectivity index (χ1n) is 9.61. The predicted molar refractivity (Wildman–Crippen MR) is 98.6 cm³/mol. The molecule has 1 saturated heterocycles. The number of hydrogen-bond donors (Lipinski definition) is 1. The molecule has 1 atom stereocenters. The van der Waals surface area contributed by atoms with Crippen LogP contribution in [0.4, 0.5) is 24.9 Å². The highest BCUT2D eigenvalue weighted by atomic mass is 19.4. The molecule has 29 heavy (non-hydrogen) atoms. The number of nitrogens with one attached hydrogen (secondary N) is 1. The van der Waals surface area contributed by atoms with Crippen LogP contribution in [0, 0.1) is 0 Å². The minimum Gasteiger partial charge on any atom is -0.353 e. The topological polar surface area (TPSA) is 84.1 Å². The number of rotatable bonds is 4. The van der Waals surface area contributed by atoms with E-state index in [1.807, 2.05) is 12.1 Å². The molecule has 2 fully saturated rings. The van der Waals surface area contributed by atoms with Crippen LogP contribution in [0.2, 0.25) is 0 Å². The Balaban J connectivity index is 1.33. The lowest BCUT2D eigenvalue weighted by molar-refractivity contribution is -0.141. The number of hydrogen-bond acceptors (Lipinski definition) is 7. The molecule has 1 saturated carbocycles. The number of fused-ring (bicyclic) bond motifs is 1. The van der Waals surface area contributed by atoms with Gasteiger partial charge in [0.05, 0.1) is 0 Å². The summed E-state index contributed by atoms with van der Waals surface area (Å²) in [4.78, 5) is 9.66. The Labute approximate surface area is 164 Å². The molecule has 2 aliphatic rings. The Morgan fingerprint density at radius 3 is 2.72 bits per heavy atom. The van der Waals surface area contributed by atoms with Gasteiger partial charge in [0.15, 0.2) is 11.5 Å². The second-order valence-corrected chi connectivity index (χ2v) is 7.49. The third-order valence-corrected chi connectivity index (χ3v) is 5.24. The first kappa shape index (κ1) is 18.1. The molecular weight excluding hydrogens is 385 g/mol. The first-order chi connectivity index (χ1) is 14.0. The van der Waals surface area contributed by atoms with Gasteiger partial charge in [0.2, 0.25) is 5.95 Å². The van der Waals surface area contributed by atoms with Crippen LogP contribution in [-0.2, 0) is 6.18 Å². The van der Waals surface area contributed by atoms with E-state index in [-0.39, 0.29) is 12.0 Å². The summed E-state index contributed by atoms with van der Waals surface area (Å²) < 4.78 is 40.4. The zero-order valence-corrected chi connectivity index (χ0v) is 15.5. The molecule has 0 aromatic carbocycles. The maximum atomic E-state index is 12.9. The van der Waals surface area contributed by atoms with E-state index >= 15 is 0 Å². The Kier molecular flexibility index (Phi) is 4.25. The number of aromatic nitrogens is 6. The zero-order valence-electron chi connectivity index (χ0n) is 15.5. The number of piperidine rings is 1. The molecule has 3 aromatic heterocycles. The van der Waals surface area contributed by atoms with Gasteiger partial charge in [-0.3, -0.25) is 0 Å². The van der Waals surface area contributed by atoms with E-state index in [1.54, 1.807) is 4.52 Å². The third kappa shape index (κ3) is 3.68. The molecule has 1 N–H and O–H groups in total. The van der Waals surface area contributed by atoms with Crippen molar-refractivity contribution >= 4 is 17.4 Å². The first-order valence-corrected chi connectivity index (χ1v) is 9.61. The van der Waals surface area contributed by atoms with Crippen molar-refractivity contribution in [2.24, 2.45) is 0 Å². The van der Waals surface area contributed by atoms with Crippen LogP contribution < -0.4 is 10.2 Å². The Hall–Kier alpha value is -2.98. The standard InChI is InChI=1S/C18H19F3N8/c19-18(20,21)13-7-8-22-17(24-13)23-12-2-1-9-28(10-12)15-6-5-14-25-26-16(11-3-4-11)29(14)27-15/h5-8,11-12H,1-4,9-10H2,(H,22,23,24). The second-order valence-electron chi connectivity index (χ2n) is 7.49. The Morgan fingerprint density at radius 1 is 1.07 bits per heavy atom. The molecule has 1 aliphatic heterocycles.